The minimum atomic E-state index is -0.183. The highest BCUT2D eigenvalue weighted by Crippen LogP contribution is 2.29. The van der Waals surface area contributed by atoms with Gasteiger partial charge in [0.2, 0.25) is 0 Å². The first-order valence-electron chi connectivity index (χ1n) is 7.02. The van der Waals surface area contributed by atoms with E-state index < -0.39 is 0 Å². The third-order valence-corrected chi connectivity index (χ3v) is 4.15. The maximum atomic E-state index is 13.6. The van der Waals surface area contributed by atoms with Crippen LogP contribution in [-0.4, -0.2) is 12.6 Å². The smallest absolute Gasteiger partial charge is 0.127 e. The average Bonchev–Trinajstić information content (AvgIpc) is 2.84. The molecule has 2 aromatic rings. The highest BCUT2D eigenvalue weighted by molar-refractivity contribution is 9.10. The van der Waals surface area contributed by atoms with Gasteiger partial charge < -0.3 is 10.1 Å². The lowest BCUT2D eigenvalue weighted by Crippen LogP contribution is -2.29. The highest BCUT2D eigenvalue weighted by Gasteiger charge is 2.22. The van der Waals surface area contributed by atoms with E-state index in [0.29, 0.717) is 18.7 Å². The maximum Gasteiger partial charge on any atom is 0.127 e. The van der Waals surface area contributed by atoms with Gasteiger partial charge in [0.1, 0.15) is 17.7 Å². The molecule has 1 heterocycles. The van der Waals surface area contributed by atoms with E-state index in [1.165, 1.54) is 17.2 Å². The number of fused-ring (bicyclic) bond motifs is 1. The predicted molar refractivity (Wildman–Crippen MR) is 85.1 cm³/mol. The van der Waals surface area contributed by atoms with Crippen LogP contribution in [0.3, 0.4) is 0 Å². The van der Waals surface area contributed by atoms with Crippen molar-refractivity contribution < 1.29 is 9.13 Å². The molecule has 1 N–H and O–H groups in total. The summed E-state index contributed by atoms with van der Waals surface area (Å²) in [4.78, 5) is 0. The van der Waals surface area contributed by atoms with Crippen LogP contribution in [0.1, 0.15) is 16.7 Å². The number of ether oxygens (including phenoxy) is 1. The summed E-state index contributed by atoms with van der Waals surface area (Å²) in [6, 6.07) is 11.2. The lowest BCUT2D eigenvalue weighted by Gasteiger charge is -2.12. The van der Waals surface area contributed by atoms with Gasteiger partial charge in [0.05, 0.1) is 0 Å². The number of hydrogen-bond acceptors (Lipinski definition) is 2. The van der Waals surface area contributed by atoms with Gasteiger partial charge in [-0.25, -0.2) is 4.39 Å². The van der Waals surface area contributed by atoms with Gasteiger partial charge in [0.25, 0.3) is 0 Å². The van der Waals surface area contributed by atoms with Crippen molar-refractivity contribution >= 4 is 15.9 Å². The number of hydrogen-bond donors (Lipinski definition) is 1. The van der Waals surface area contributed by atoms with Crippen LogP contribution in [0.2, 0.25) is 0 Å². The largest absolute Gasteiger partial charge is 0.488 e. The van der Waals surface area contributed by atoms with E-state index in [1.807, 2.05) is 6.07 Å². The molecular weight excluding hydrogens is 333 g/mol. The molecule has 0 radical (unpaired) electrons. The van der Waals surface area contributed by atoms with E-state index in [1.54, 1.807) is 12.1 Å². The molecular formula is C17H17BrFNO. The monoisotopic (exact) mass is 349 g/mol. The second-order valence-electron chi connectivity index (χ2n) is 5.42. The second kappa shape index (κ2) is 6.16. The topological polar surface area (TPSA) is 21.3 Å². The number of rotatable bonds is 4. The molecule has 0 bridgehead atoms. The van der Waals surface area contributed by atoms with Gasteiger partial charge in [-0.1, -0.05) is 33.6 Å². The minimum Gasteiger partial charge on any atom is -0.488 e. The molecule has 1 aliphatic heterocycles. The van der Waals surface area contributed by atoms with Crippen LogP contribution in [0.25, 0.3) is 0 Å². The zero-order chi connectivity index (χ0) is 14.8. The number of benzene rings is 2. The first kappa shape index (κ1) is 14.5. The summed E-state index contributed by atoms with van der Waals surface area (Å²) >= 11 is 3.36. The standard InChI is InChI=1S/C17H17BrFNO/c1-11-2-5-17-12(6-11)8-15(21-17)10-20-9-13-7-14(18)3-4-16(13)19/h2-7,15,20H,8-10H2,1H3. The van der Waals surface area contributed by atoms with E-state index >= 15 is 0 Å². The molecule has 1 atom stereocenters. The van der Waals surface area contributed by atoms with Gasteiger partial charge in [-0.3, -0.25) is 0 Å². The summed E-state index contributed by atoms with van der Waals surface area (Å²) in [6.45, 7) is 3.29. The van der Waals surface area contributed by atoms with Crippen molar-refractivity contribution in [3.8, 4) is 5.75 Å². The Labute approximate surface area is 132 Å². The van der Waals surface area contributed by atoms with E-state index in [0.717, 1.165) is 16.6 Å². The van der Waals surface area contributed by atoms with Crippen molar-refractivity contribution in [1.82, 2.24) is 5.32 Å². The Kier molecular flexibility index (Phi) is 4.27. The summed E-state index contributed by atoms with van der Waals surface area (Å²) in [5, 5.41) is 3.28. The molecule has 3 rings (SSSR count). The minimum absolute atomic E-state index is 0.122. The molecule has 1 aliphatic rings. The van der Waals surface area contributed by atoms with Crippen LogP contribution in [-0.2, 0) is 13.0 Å². The van der Waals surface area contributed by atoms with Crippen LogP contribution >= 0.6 is 15.9 Å². The molecule has 0 saturated carbocycles. The quantitative estimate of drug-likeness (QED) is 0.900. The third kappa shape index (κ3) is 3.44. The van der Waals surface area contributed by atoms with E-state index in [-0.39, 0.29) is 11.9 Å². The number of halogens is 2. The summed E-state index contributed by atoms with van der Waals surface area (Å²) in [7, 11) is 0. The van der Waals surface area contributed by atoms with Gasteiger partial charge in [-0.2, -0.15) is 0 Å². The summed E-state index contributed by atoms with van der Waals surface area (Å²) in [5.41, 5.74) is 3.17. The second-order valence-corrected chi connectivity index (χ2v) is 6.34. The van der Waals surface area contributed by atoms with Crippen LogP contribution in [0.15, 0.2) is 40.9 Å². The van der Waals surface area contributed by atoms with Crippen molar-refractivity contribution in [3.63, 3.8) is 0 Å². The van der Waals surface area contributed by atoms with Crippen LogP contribution in [0, 0.1) is 12.7 Å². The van der Waals surface area contributed by atoms with E-state index in [4.69, 9.17) is 4.74 Å². The Bertz CT molecular complexity index is 659. The SMILES string of the molecule is Cc1ccc2c(c1)CC(CNCc1cc(Br)ccc1F)O2. The molecule has 0 saturated heterocycles. The summed E-state index contributed by atoms with van der Waals surface area (Å²) < 4.78 is 20.4. The van der Waals surface area contributed by atoms with Crippen molar-refractivity contribution in [2.24, 2.45) is 0 Å². The van der Waals surface area contributed by atoms with Crippen LogP contribution in [0.4, 0.5) is 4.39 Å². The normalized spacial score (nSPS) is 16.6. The van der Waals surface area contributed by atoms with Crippen molar-refractivity contribution in [3.05, 3.63) is 63.4 Å². The first-order valence-corrected chi connectivity index (χ1v) is 7.82. The average molecular weight is 350 g/mol. The Hall–Kier alpha value is -1.39. The van der Waals surface area contributed by atoms with Crippen molar-refractivity contribution in [2.45, 2.75) is 26.0 Å². The Morgan fingerprint density at radius 1 is 1.29 bits per heavy atom. The molecule has 1 unspecified atom stereocenters. The van der Waals surface area contributed by atoms with Gasteiger partial charge in [0, 0.05) is 29.5 Å². The van der Waals surface area contributed by atoms with E-state index in [2.05, 4.69) is 40.3 Å². The summed E-state index contributed by atoms with van der Waals surface area (Å²) in [5.74, 6) is 0.790. The molecule has 4 heteroatoms. The lowest BCUT2D eigenvalue weighted by atomic mass is 10.1. The molecule has 21 heavy (non-hydrogen) atoms. The zero-order valence-corrected chi connectivity index (χ0v) is 13.4. The fourth-order valence-corrected chi connectivity index (χ4v) is 3.02. The predicted octanol–water partition coefficient (Wildman–Crippen LogP) is 3.99. The maximum absolute atomic E-state index is 13.6. The van der Waals surface area contributed by atoms with Gasteiger partial charge in [-0.15, -0.1) is 0 Å². The zero-order valence-electron chi connectivity index (χ0n) is 11.8. The van der Waals surface area contributed by atoms with Gasteiger partial charge >= 0.3 is 0 Å². The summed E-state index contributed by atoms with van der Waals surface area (Å²) in [6.07, 6.45) is 1.03. The fourth-order valence-electron chi connectivity index (χ4n) is 2.61. The van der Waals surface area contributed by atoms with Crippen LogP contribution in [0.5, 0.6) is 5.75 Å². The van der Waals surface area contributed by atoms with Crippen molar-refractivity contribution in [2.75, 3.05) is 6.54 Å². The molecule has 0 fully saturated rings. The number of nitrogens with one attached hydrogen (secondary N) is 1. The Morgan fingerprint density at radius 2 is 2.14 bits per heavy atom. The highest BCUT2D eigenvalue weighted by atomic mass is 79.9. The first-order chi connectivity index (χ1) is 10.1. The molecule has 0 aliphatic carbocycles. The third-order valence-electron chi connectivity index (χ3n) is 3.65. The van der Waals surface area contributed by atoms with E-state index in [9.17, 15) is 4.39 Å². The molecule has 2 aromatic carbocycles. The molecule has 0 amide bonds. The van der Waals surface area contributed by atoms with Gasteiger partial charge in [0.15, 0.2) is 0 Å². The van der Waals surface area contributed by atoms with Gasteiger partial charge in [-0.05, 0) is 36.8 Å². The van der Waals surface area contributed by atoms with Crippen LogP contribution < -0.4 is 10.1 Å². The Balaban J connectivity index is 1.54. The molecule has 0 aromatic heterocycles. The van der Waals surface area contributed by atoms with Crippen molar-refractivity contribution in [1.29, 1.82) is 0 Å². The lowest BCUT2D eigenvalue weighted by molar-refractivity contribution is 0.227. The number of aryl methyl sites for hydroxylation is 1. The molecule has 110 valence electrons. The Morgan fingerprint density at radius 3 is 3.00 bits per heavy atom. The fraction of sp³-hybridized carbons (Fsp3) is 0.294. The molecule has 0 spiro atoms. The molecule has 2 nitrogen and oxygen atoms in total.